The van der Waals surface area contributed by atoms with E-state index in [4.69, 9.17) is 33.1 Å². The van der Waals surface area contributed by atoms with Gasteiger partial charge in [-0.15, -0.1) is 0 Å². The number of azide groups is 1. The average molecular weight is 1880 g/mol. The summed E-state index contributed by atoms with van der Waals surface area (Å²) < 4.78 is 0. The minimum atomic E-state index is -1.26. The largest absolute Gasteiger partial charge is 1.00 e. The van der Waals surface area contributed by atoms with Crippen molar-refractivity contribution < 1.29 is 131 Å². The molecule has 0 spiro atoms. The molecule has 5 N–H and O–H groups in total. The summed E-state index contributed by atoms with van der Waals surface area (Å²) in [6.07, 6.45) is 40.1. The molecular formula is C99H81N18NaO21. The number of rotatable bonds is 11. The van der Waals surface area contributed by atoms with Gasteiger partial charge in [-0.25, -0.2) is 48.8 Å². The number of anilines is 9. The Morgan fingerprint density at radius 3 is 0.597 bits per heavy atom. The molecule has 32 unspecified atom stereocenters. The van der Waals surface area contributed by atoms with Crippen LogP contribution in [0, 0.1) is 200 Å². The van der Waals surface area contributed by atoms with E-state index in [-0.39, 0.29) is 323 Å². The van der Waals surface area contributed by atoms with Crippen LogP contribution in [-0.2, 0) is 81.5 Å². The summed E-state index contributed by atoms with van der Waals surface area (Å²) in [4.78, 5) is 264. The molecule has 8 heterocycles. The predicted molar refractivity (Wildman–Crippen MR) is 477 cm³/mol. The smallest absolute Gasteiger partial charge is 0.478 e. The van der Waals surface area contributed by atoms with Gasteiger partial charge in [-0.1, -0.05) is 97.2 Å². The van der Waals surface area contributed by atoms with Crippen LogP contribution in [0.1, 0.15) is 72.1 Å². The topological polar surface area (TPSA) is 595 Å². The molecular weight excluding hydrogens is 1800 g/mol. The number of nitrogens with two attached hydrogens (primary N) is 1. The van der Waals surface area contributed by atoms with E-state index < -0.39 is 59.2 Å². The van der Waals surface area contributed by atoms with E-state index in [0.717, 1.165) is 80.8 Å². The van der Waals surface area contributed by atoms with E-state index in [2.05, 4.69) is 15.0 Å². The molecule has 8 aliphatic heterocycles. The van der Waals surface area contributed by atoms with Crippen LogP contribution in [0.2, 0.25) is 0 Å². The second kappa shape index (κ2) is 33.0. The fourth-order valence-electron chi connectivity index (χ4n) is 29.1. The summed E-state index contributed by atoms with van der Waals surface area (Å²) in [6.45, 7) is 0. The van der Waals surface area contributed by atoms with Gasteiger partial charge in [0.2, 0.25) is 107 Å². The molecule has 8 saturated carbocycles. The van der Waals surface area contributed by atoms with Gasteiger partial charge in [-0.3, -0.25) is 86.4 Å². The Bertz CT molecular complexity index is 6100. The fraction of sp³-hybridized carbons (Fsp3) is 0.404. The minimum Gasteiger partial charge on any atom is -0.478 e. The SMILES string of the molecule is N#N.Nc1cc(N2C(=O)C3C4C=CC(C4)C3C2=O)cc(N2C(=O)C3C4C=CC(C4)C3C2=O)c1.O.O=C(O)c1cc(N2C(=O)C3C4C=CC(C4)C3C2=O)cc(N2C(=O)C3C4C=CC(C4)C3C2=O)c1.O=C=Nc1cc(N2C(=O)C3C4C=CC(C4)C3C2=O)cc(N2C(=O)C3C4C=CC(C4)C3C2=O)c1.[N-]=[N+]=NC(=O)c1cc(N2C(=O)C3C4C=CC(C4)C3C2=O)cc(N2C(=O)C3C4C=CC(C4)C3C2=O)c1.[N-]=[N+]=[N-].[Na+]. The average Bonchev–Trinajstić information content (AvgIpc) is 1.57. The third-order valence-corrected chi connectivity index (χ3v) is 34.2. The number of hydrogen-bond acceptors (Lipinski definition) is 23. The molecule has 16 fully saturated rings. The zero-order valence-electron chi connectivity index (χ0n) is 73.7. The van der Waals surface area contributed by atoms with Crippen LogP contribution in [0.25, 0.3) is 26.4 Å². The predicted octanol–water partition coefficient (Wildman–Crippen LogP) is 6.01. The standard InChI is InChI=1S/C25H19N5O5.C25H19N3O5.C25H20N2O6.C24H21N3O4.N3.N2.Na.H2O/c26-28-27-21(31)14-7-15(29-22(32)17-10-1-2-11(5-10)18(17)23(29)33)9-16(8-14)30-24(34)19-12-3-4-13(6-12)20(19)25(30)35;29-10-26-15-7-16(27-22(30)18-11-1-2-12(5-11)19(18)23(27)31)9-17(8-15)28-24(32)20-13-3-4-14(6-13)21(20)25(28)33;28-21-17-10-1-2-11(5-10)18(17)22(29)26(21)15-7-14(25(32)33)8-16(9-15)27-23(30)19-12-3-4-13(6-12)20(19)24(27)31;25-14-7-15(26-21(28)17-10-1-2-11(5-10)18(17)22(26)29)9-16(8-14)27-23(30)19-12-3-4-13(6-12)20(19)24(27)31;1-3-2;1-2;;/h1-4,7-13,17-20H,5-6H2;1-4,7-9,11-14,18-21H,5-6H2;1-4,7-13,17-20H,5-6H2,(H,32,33);1-4,7-13,17-20H,5-6,25H2;;;;1H2/q;;;;-1;;+1;. The number of nitrogens with zero attached hydrogens (tertiary/aromatic N) is 17. The molecule has 4 aromatic carbocycles. The van der Waals surface area contributed by atoms with E-state index in [1.807, 2.05) is 97.2 Å². The van der Waals surface area contributed by atoms with Gasteiger partial charge in [0.1, 0.15) is 0 Å². The first-order valence-corrected chi connectivity index (χ1v) is 46.0. The maximum Gasteiger partial charge on any atom is 1.00 e. The zero-order valence-corrected chi connectivity index (χ0v) is 75.7. The number of isocyanates is 1. The molecule has 28 rings (SSSR count). The zero-order chi connectivity index (χ0) is 95.4. The van der Waals surface area contributed by atoms with Crippen molar-refractivity contribution in [2.75, 3.05) is 44.9 Å². The fourth-order valence-corrected chi connectivity index (χ4v) is 29.1. The van der Waals surface area contributed by atoms with Gasteiger partial charge < -0.3 is 27.4 Å². The molecule has 8 saturated heterocycles. The number of carbonyl (C=O) groups is 18. The van der Waals surface area contributed by atoms with Gasteiger partial charge in [0.05, 0.1) is 151 Å². The van der Waals surface area contributed by atoms with Crippen LogP contribution in [0.3, 0.4) is 0 Å². The number of nitrogen functional groups attached to an aromatic ring is 1. The minimum absolute atomic E-state index is 0. The van der Waals surface area contributed by atoms with Gasteiger partial charge >= 0.3 is 35.5 Å². The molecule has 17 amide bonds. The number of fused-ring (bicyclic) bond motifs is 40. The molecule has 16 bridgehead atoms. The van der Waals surface area contributed by atoms with Crippen molar-refractivity contribution in [1.29, 1.82) is 10.8 Å². The van der Waals surface area contributed by atoms with E-state index in [1.54, 1.807) is 18.2 Å². The quantitative estimate of drug-likeness (QED) is 0.0166. The number of hydrogen-bond donors (Lipinski definition) is 2. The van der Waals surface area contributed by atoms with Crippen molar-refractivity contribution in [3.8, 4) is 0 Å². The van der Waals surface area contributed by atoms with Gasteiger partial charge in [-0.05, 0) is 229 Å². The molecule has 694 valence electrons. The summed E-state index contributed by atoms with van der Waals surface area (Å²) in [5.41, 5.74) is 30.1. The van der Waals surface area contributed by atoms with Crippen LogP contribution < -0.4 is 74.5 Å². The van der Waals surface area contributed by atoms with E-state index in [1.165, 1.54) is 75.4 Å². The van der Waals surface area contributed by atoms with Crippen molar-refractivity contribution >= 4 is 169 Å². The Hall–Kier alpha value is -14.8. The monoisotopic (exact) mass is 1880 g/mol. The van der Waals surface area contributed by atoms with E-state index in [0.29, 0.717) is 17.1 Å². The van der Waals surface area contributed by atoms with Crippen LogP contribution >= 0.6 is 0 Å². The van der Waals surface area contributed by atoms with Crippen LogP contribution in [0.4, 0.5) is 56.9 Å². The van der Waals surface area contributed by atoms with Crippen molar-refractivity contribution in [3.63, 3.8) is 0 Å². The van der Waals surface area contributed by atoms with Crippen molar-refractivity contribution in [3.05, 3.63) is 208 Å². The molecule has 32 atom stereocenters. The van der Waals surface area contributed by atoms with Gasteiger partial charge in [0.25, 0.3) is 0 Å². The molecule has 0 aromatic heterocycles. The third kappa shape index (κ3) is 12.9. The van der Waals surface area contributed by atoms with Crippen molar-refractivity contribution in [1.82, 2.24) is 0 Å². The number of amides is 17. The molecule has 40 heteroatoms. The van der Waals surface area contributed by atoms with Crippen LogP contribution in [-0.4, -0.2) is 123 Å². The van der Waals surface area contributed by atoms with Gasteiger partial charge in [0, 0.05) is 26.9 Å². The Balaban J connectivity index is 0.000000108. The number of carboxylic acid groups (broad SMARTS) is 1. The van der Waals surface area contributed by atoms with Gasteiger partial charge in [0.15, 0.2) is 0 Å². The Morgan fingerprint density at radius 1 is 0.295 bits per heavy atom. The first-order chi connectivity index (χ1) is 66.1. The summed E-state index contributed by atoms with van der Waals surface area (Å²) in [7, 11) is 0. The van der Waals surface area contributed by atoms with Gasteiger partial charge in [-0.2, -0.15) is 4.99 Å². The second-order valence-corrected chi connectivity index (χ2v) is 40.2. The summed E-state index contributed by atoms with van der Waals surface area (Å²) >= 11 is 0. The van der Waals surface area contributed by atoms with E-state index in [9.17, 15) is 96.2 Å². The second-order valence-electron chi connectivity index (χ2n) is 40.2. The first kappa shape index (κ1) is 90.7. The summed E-state index contributed by atoms with van der Waals surface area (Å²) in [6, 6.07) is 17.2. The number of carboxylic acids is 1. The Kier molecular flexibility index (Phi) is 21.5. The maximum atomic E-state index is 13.4. The number of aliphatic imine (C=N–C) groups is 1. The normalized spacial score (nSPS) is 37.4. The molecule has 139 heavy (non-hydrogen) atoms. The molecule has 39 nitrogen and oxygen atoms in total. The number of benzene rings is 4. The molecule has 24 aliphatic rings. The number of allylic oxidation sites excluding steroid dienone is 16. The summed E-state index contributed by atoms with van der Waals surface area (Å²) in [5.74, 6) is -12.5. The number of aromatic carboxylic acids is 1. The first-order valence-electron chi connectivity index (χ1n) is 46.0. The van der Waals surface area contributed by atoms with Crippen molar-refractivity contribution in [2.24, 2.45) is 199 Å². The van der Waals surface area contributed by atoms with E-state index >= 15 is 0 Å². The number of imide groups is 8. The molecule has 0 radical (unpaired) electrons. The van der Waals surface area contributed by atoms with Crippen LogP contribution in [0.5, 0.6) is 0 Å². The third-order valence-electron chi connectivity index (χ3n) is 34.2. The Morgan fingerprint density at radius 2 is 0.446 bits per heavy atom. The molecule has 16 aliphatic carbocycles. The van der Waals surface area contributed by atoms with Crippen molar-refractivity contribution in [2.45, 2.75) is 51.4 Å². The molecule has 4 aromatic rings. The summed E-state index contributed by atoms with van der Waals surface area (Å²) in [5, 5.41) is 24.8. The number of carbonyl (C=O) groups excluding carboxylic acids is 18. The van der Waals surface area contributed by atoms with Crippen LogP contribution in [0.15, 0.2) is 180 Å². The Labute approximate surface area is 809 Å². The maximum absolute atomic E-state index is 13.4.